The number of nitrogens with zero attached hydrogens (tertiary/aromatic N) is 1. The maximum Gasteiger partial charge on any atom is 0.225 e. The molecule has 13 heavy (non-hydrogen) atoms. The van der Waals surface area contributed by atoms with Crippen molar-refractivity contribution in [3.63, 3.8) is 0 Å². The highest BCUT2D eigenvalue weighted by Crippen LogP contribution is 2.35. The lowest BCUT2D eigenvalue weighted by Crippen LogP contribution is -2.61. The van der Waals surface area contributed by atoms with Crippen LogP contribution in [0.15, 0.2) is 0 Å². The number of carbonyl (C=O) groups excluding carboxylic acids is 1. The number of piperidine rings is 1. The molecule has 0 spiro atoms. The van der Waals surface area contributed by atoms with Gasteiger partial charge in [0.2, 0.25) is 5.91 Å². The maximum atomic E-state index is 11.4. The van der Waals surface area contributed by atoms with Crippen molar-refractivity contribution in [3.8, 4) is 0 Å². The fourth-order valence-corrected chi connectivity index (χ4v) is 2.38. The number of rotatable bonds is 0. The minimum Gasteiger partial charge on any atom is -0.390 e. The molecule has 1 amide bonds. The molecule has 2 rings (SSSR count). The molecule has 74 valence electrons. The Morgan fingerprint density at radius 2 is 2.31 bits per heavy atom. The summed E-state index contributed by atoms with van der Waals surface area (Å²) in [6, 6.07) is -0.177. The molecule has 4 heteroatoms. The number of amides is 1. The standard InChI is InChI=1S/C9H15NO3/c1-9(13)6-3-2-4-10(6)8(12)5-7(9)11/h6-7,11,13H,2-5H2,1H3/t6-,7-,9+/m0/s1. The van der Waals surface area contributed by atoms with Crippen molar-refractivity contribution in [3.05, 3.63) is 0 Å². The minimum atomic E-state index is -1.12. The van der Waals surface area contributed by atoms with Gasteiger partial charge in [0.15, 0.2) is 0 Å². The largest absolute Gasteiger partial charge is 0.390 e. The molecule has 0 radical (unpaired) electrons. The average Bonchev–Trinajstić information content (AvgIpc) is 2.49. The van der Waals surface area contributed by atoms with Gasteiger partial charge in [-0.2, -0.15) is 0 Å². The summed E-state index contributed by atoms with van der Waals surface area (Å²) in [6.07, 6.45) is 0.887. The van der Waals surface area contributed by atoms with Gasteiger partial charge in [-0.05, 0) is 19.8 Å². The van der Waals surface area contributed by atoms with Gasteiger partial charge in [0.25, 0.3) is 0 Å². The van der Waals surface area contributed by atoms with Gasteiger partial charge >= 0.3 is 0 Å². The molecule has 4 nitrogen and oxygen atoms in total. The van der Waals surface area contributed by atoms with Crippen LogP contribution in [0.3, 0.4) is 0 Å². The first kappa shape index (κ1) is 8.97. The van der Waals surface area contributed by atoms with Gasteiger partial charge in [0.05, 0.1) is 18.6 Å². The number of fused-ring (bicyclic) bond motifs is 1. The second-order valence-corrected chi connectivity index (χ2v) is 4.19. The first-order valence-electron chi connectivity index (χ1n) is 4.73. The molecule has 0 aromatic rings. The predicted octanol–water partition coefficient (Wildman–Crippen LogP) is -0.507. The van der Waals surface area contributed by atoms with E-state index in [0.717, 1.165) is 19.4 Å². The normalized spacial score (nSPS) is 45.2. The summed E-state index contributed by atoms with van der Waals surface area (Å²) in [5.41, 5.74) is -1.12. The van der Waals surface area contributed by atoms with Crippen LogP contribution >= 0.6 is 0 Å². The highest BCUT2D eigenvalue weighted by molar-refractivity contribution is 5.79. The lowest BCUT2D eigenvalue weighted by Gasteiger charge is -2.44. The van der Waals surface area contributed by atoms with Gasteiger partial charge in [0.1, 0.15) is 5.60 Å². The SMILES string of the molecule is C[C@@]1(O)[C@@H]2CCCN2C(=O)C[C@@H]1O. The third-order valence-electron chi connectivity index (χ3n) is 3.29. The fourth-order valence-electron chi connectivity index (χ4n) is 2.38. The molecule has 0 aromatic carbocycles. The molecule has 2 fully saturated rings. The van der Waals surface area contributed by atoms with E-state index in [9.17, 15) is 15.0 Å². The third kappa shape index (κ3) is 1.16. The van der Waals surface area contributed by atoms with Gasteiger partial charge in [-0.3, -0.25) is 4.79 Å². The fraction of sp³-hybridized carbons (Fsp3) is 0.889. The van der Waals surface area contributed by atoms with E-state index in [2.05, 4.69) is 0 Å². The molecular weight excluding hydrogens is 170 g/mol. The second kappa shape index (κ2) is 2.69. The van der Waals surface area contributed by atoms with Crippen molar-refractivity contribution in [1.82, 2.24) is 4.90 Å². The van der Waals surface area contributed by atoms with Crippen LogP contribution < -0.4 is 0 Å². The molecule has 0 unspecified atom stereocenters. The van der Waals surface area contributed by atoms with Gasteiger partial charge in [-0.15, -0.1) is 0 Å². The maximum absolute atomic E-state index is 11.4. The Kier molecular flexibility index (Phi) is 1.85. The van der Waals surface area contributed by atoms with Gasteiger partial charge in [-0.1, -0.05) is 0 Å². The summed E-state index contributed by atoms with van der Waals surface area (Å²) in [6.45, 7) is 2.35. The number of hydrogen-bond donors (Lipinski definition) is 2. The van der Waals surface area contributed by atoms with Crippen molar-refractivity contribution in [2.75, 3.05) is 6.54 Å². The van der Waals surface area contributed by atoms with Crippen LogP contribution in [0, 0.1) is 0 Å². The van der Waals surface area contributed by atoms with E-state index in [1.165, 1.54) is 0 Å². The van der Waals surface area contributed by atoms with E-state index in [0.29, 0.717) is 0 Å². The van der Waals surface area contributed by atoms with Crippen LogP contribution in [0.2, 0.25) is 0 Å². The van der Waals surface area contributed by atoms with Gasteiger partial charge in [-0.25, -0.2) is 0 Å². The van der Waals surface area contributed by atoms with E-state index >= 15 is 0 Å². The molecule has 2 saturated heterocycles. The van der Waals surface area contributed by atoms with Crippen molar-refractivity contribution >= 4 is 5.91 Å². The summed E-state index contributed by atoms with van der Waals surface area (Å²) in [5, 5.41) is 19.5. The highest BCUT2D eigenvalue weighted by Gasteiger charge is 2.50. The smallest absolute Gasteiger partial charge is 0.225 e. The van der Waals surface area contributed by atoms with E-state index in [1.54, 1.807) is 11.8 Å². The molecule has 0 aromatic heterocycles. The molecule has 2 N–H and O–H groups in total. The molecule has 2 heterocycles. The van der Waals surface area contributed by atoms with Crippen LogP contribution in [0.1, 0.15) is 26.2 Å². The van der Waals surface area contributed by atoms with Crippen molar-refractivity contribution in [2.45, 2.75) is 43.9 Å². The molecular formula is C9H15NO3. The second-order valence-electron chi connectivity index (χ2n) is 4.19. The Labute approximate surface area is 77.2 Å². The van der Waals surface area contributed by atoms with Crippen molar-refractivity contribution in [1.29, 1.82) is 0 Å². The van der Waals surface area contributed by atoms with E-state index < -0.39 is 11.7 Å². The van der Waals surface area contributed by atoms with Gasteiger partial charge in [0, 0.05) is 6.54 Å². The zero-order chi connectivity index (χ0) is 9.64. The number of carbonyl (C=O) groups is 1. The quantitative estimate of drug-likeness (QED) is 0.534. The first-order valence-corrected chi connectivity index (χ1v) is 4.73. The molecule has 2 aliphatic heterocycles. The van der Waals surface area contributed by atoms with E-state index in [1.807, 2.05) is 0 Å². The Balaban J connectivity index is 2.27. The zero-order valence-corrected chi connectivity index (χ0v) is 7.73. The Morgan fingerprint density at radius 3 is 3.00 bits per heavy atom. The van der Waals surface area contributed by atoms with Crippen LogP contribution in [-0.2, 0) is 4.79 Å². The topological polar surface area (TPSA) is 60.8 Å². The monoisotopic (exact) mass is 185 g/mol. The summed E-state index contributed by atoms with van der Waals surface area (Å²) >= 11 is 0. The van der Waals surface area contributed by atoms with Crippen LogP contribution in [0.4, 0.5) is 0 Å². The van der Waals surface area contributed by atoms with Crippen LogP contribution in [0.5, 0.6) is 0 Å². The summed E-state index contributed by atoms with van der Waals surface area (Å²) in [4.78, 5) is 13.1. The number of aliphatic hydroxyl groups excluding tert-OH is 1. The molecule has 0 saturated carbocycles. The molecule has 3 atom stereocenters. The summed E-state index contributed by atoms with van der Waals surface area (Å²) < 4.78 is 0. The Hall–Kier alpha value is -0.610. The van der Waals surface area contributed by atoms with E-state index in [-0.39, 0.29) is 18.4 Å². The highest BCUT2D eigenvalue weighted by atomic mass is 16.3. The predicted molar refractivity (Wildman–Crippen MR) is 46.0 cm³/mol. The minimum absolute atomic E-state index is 0.0264. The van der Waals surface area contributed by atoms with Crippen molar-refractivity contribution in [2.24, 2.45) is 0 Å². The molecule has 0 aliphatic carbocycles. The first-order chi connectivity index (χ1) is 6.03. The van der Waals surface area contributed by atoms with Crippen LogP contribution in [-0.4, -0.2) is 45.3 Å². The van der Waals surface area contributed by atoms with E-state index in [4.69, 9.17) is 0 Å². The summed E-state index contributed by atoms with van der Waals surface area (Å²) in [5.74, 6) is -0.0264. The molecule has 0 bridgehead atoms. The van der Waals surface area contributed by atoms with Gasteiger partial charge < -0.3 is 15.1 Å². The summed E-state index contributed by atoms with van der Waals surface area (Å²) in [7, 11) is 0. The van der Waals surface area contributed by atoms with Crippen LogP contribution in [0.25, 0.3) is 0 Å². The molecule has 2 aliphatic rings. The number of aliphatic hydroxyl groups is 2. The average molecular weight is 185 g/mol. The third-order valence-corrected chi connectivity index (χ3v) is 3.29. The Bertz CT molecular complexity index is 239. The van der Waals surface area contributed by atoms with Crippen molar-refractivity contribution < 1.29 is 15.0 Å². The lowest BCUT2D eigenvalue weighted by atomic mass is 9.83. The number of hydrogen-bond acceptors (Lipinski definition) is 3. The Morgan fingerprint density at radius 1 is 1.62 bits per heavy atom. The lowest BCUT2D eigenvalue weighted by molar-refractivity contribution is -0.167. The zero-order valence-electron chi connectivity index (χ0n) is 7.73.